The molecule has 46 heavy (non-hydrogen) atoms. The molecule has 0 unspecified atom stereocenters. The van der Waals surface area contributed by atoms with Crippen molar-refractivity contribution in [3.63, 3.8) is 0 Å². The zero-order valence-electron chi connectivity index (χ0n) is 28.4. The van der Waals surface area contributed by atoms with Crippen LogP contribution in [0.3, 0.4) is 0 Å². The molecule has 0 radical (unpaired) electrons. The molecule has 0 aromatic carbocycles. The number of hydrogen-bond acceptors (Lipinski definition) is 11. The van der Waals surface area contributed by atoms with Crippen molar-refractivity contribution in [2.45, 2.75) is 125 Å². The van der Waals surface area contributed by atoms with Crippen LogP contribution in [0.2, 0.25) is 0 Å². The number of Topliss-reactive ketones (excluding diaryl/α,β-unsaturated/α-hetero) is 1. The van der Waals surface area contributed by atoms with Gasteiger partial charge in [0.2, 0.25) is 0 Å². The molecule has 0 saturated heterocycles. The van der Waals surface area contributed by atoms with Crippen LogP contribution in [-0.4, -0.2) is 75.0 Å². The molecule has 0 bridgehead atoms. The first-order valence-corrected chi connectivity index (χ1v) is 16.0. The Balaban J connectivity index is 2.52. The van der Waals surface area contributed by atoms with Gasteiger partial charge in [0.05, 0.1) is 30.3 Å². The average Bonchev–Trinajstić information content (AvgIpc) is 3.22. The second-order valence-corrected chi connectivity index (χ2v) is 12.8. The van der Waals surface area contributed by atoms with Crippen molar-refractivity contribution in [3.8, 4) is 0 Å². The fourth-order valence-electron chi connectivity index (χ4n) is 5.29. The third-order valence-corrected chi connectivity index (χ3v) is 8.57. The Kier molecular flexibility index (Phi) is 17.2. The van der Waals surface area contributed by atoms with Gasteiger partial charge < -0.3 is 24.8 Å². The number of carbonyl (C=O) groups excluding carboxylic acids is 6. The van der Waals surface area contributed by atoms with Crippen LogP contribution in [0.4, 0.5) is 0 Å². The van der Waals surface area contributed by atoms with E-state index in [9.17, 15) is 44.1 Å². The Hall–Kier alpha value is -3.28. The first-order valence-electron chi connectivity index (χ1n) is 16.0. The molecule has 258 valence electrons. The molecule has 1 rings (SSSR count). The van der Waals surface area contributed by atoms with Gasteiger partial charge in [-0.05, 0) is 76.0 Å². The fraction of sp³-hybridized carbons (Fsp3) is 0.657. The minimum Gasteiger partial charge on any atom is -0.462 e. The highest BCUT2D eigenvalue weighted by Gasteiger charge is 2.36. The summed E-state index contributed by atoms with van der Waals surface area (Å²) in [7, 11) is 0. The number of allylic oxidation sites excluding steroid dienone is 4. The summed E-state index contributed by atoms with van der Waals surface area (Å²) in [5.41, 5.74) is 0.423. The first kappa shape index (κ1) is 40.7. The van der Waals surface area contributed by atoms with Crippen molar-refractivity contribution in [3.05, 3.63) is 34.9 Å². The molecule has 1 aliphatic heterocycles. The molecule has 1 heterocycles. The molecular formula is C35H52O11. The Bertz CT molecular complexity index is 1210. The predicted molar refractivity (Wildman–Crippen MR) is 170 cm³/mol. The zero-order valence-corrected chi connectivity index (χ0v) is 28.4. The lowest BCUT2D eigenvalue weighted by Crippen LogP contribution is -2.36. The van der Waals surface area contributed by atoms with E-state index < -0.39 is 60.6 Å². The highest BCUT2D eigenvalue weighted by atomic mass is 16.6. The number of ketones is 3. The van der Waals surface area contributed by atoms with Gasteiger partial charge in [0.15, 0.2) is 11.6 Å². The van der Waals surface area contributed by atoms with Gasteiger partial charge in [-0.1, -0.05) is 40.7 Å². The number of hydrogen-bond donors (Lipinski definition) is 3. The topological polar surface area (TPSA) is 182 Å². The lowest BCUT2D eigenvalue weighted by atomic mass is 9.85. The van der Waals surface area contributed by atoms with E-state index in [1.807, 2.05) is 20.8 Å². The van der Waals surface area contributed by atoms with Crippen LogP contribution in [0, 0.1) is 23.7 Å². The van der Waals surface area contributed by atoms with Gasteiger partial charge in [-0.2, -0.15) is 0 Å². The van der Waals surface area contributed by atoms with Gasteiger partial charge >= 0.3 is 17.9 Å². The summed E-state index contributed by atoms with van der Waals surface area (Å²) in [5.74, 6) is -4.25. The summed E-state index contributed by atoms with van der Waals surface area (Å²) in [5, 5.41) is 31.6. The number of aliphatic hydroxyl groups is 3. The second kappa shape index (κ2) is 19.4. The third kappa shape index (κ3) is 13.6. The van der Waals surface area contributed by atoms with E-state index >= 15 is 0 Å². The Labute approximate surface area is 272 Å². The van der Waals surface area contributed by atoms with Crippen LogP contribution in [0.25, 0.3) is 0 Å². The van der Waals surface area contributed by atoms with Crippen molar-refractivity contribution in [1.29, 1.82) is 0 Å². The lowest BCUT2D eigenvalue weighted by molar-refractivity contribution is -0.154. The molecule has 11 heteroatoms. The van der Waals surface area contributed by atoms with Crippen LogP contribution in [0.15, 0.2) is 34.9 Å². The quantitative estimate of drug-likeness (QED) is 0.0710. The number of rotatable bonds is 21. The smallest absolute Gasteiger partial charge is 0.345 e. The molecule has 0 aromatic rings. The molecular weight excluding hydrogens is 596 g/mol. The van der Waals surface area contributed by atoms with E-state index in [1.165, 1.54) is 26.8 Å². The largest absolute Gasteiger partial charge is 0.462 e. The molecule has 0 spiro atoms. The summed E-state index contributed by atoms with van der Waals surface area (Å²) in [6.07, 6.45) is 2.14. The van der Waals surface area contributed by atoms with Gasteiger partial charge in [-0.25, -0.2) is 9.59 Å². The summed E-state index contributed by atoms with van der Waals surface area (Å²) in [6.45, 7) is 13.4. The van der Waals surface area contributed by atoms with Crippen LogP contribution in [0.5, 0.6) is 0 Å². The van der Waals surface area contributed by atoms with Gasteiger partial charge in [-0.3, -0.25) is 19.2 Å². The number of ether oxygens (including phenoxy) is 2. The number of carbonyl (C=O) groups is 6. The molecule has 0 saturated carbocycles. The maximum Gasteiger partial charge on any atom is 0.345 e. The second-order valence-electron chi connectivity index (χ2n) is 12.8. The van der Waals surface area contributed by atoms with Gasteiger partial charge in [-0.15, -0.1) is 0 Å². The zero-order chi connectivity index (χ0) is 35.3. The number of cyclic esters (lactones) is 2. The summed E-state index contributed by atoms with van der Waals surface area (Å²) in [6, 6.07) is 0. The van der Waals surface area contributed by atoms with E-state index in [1.54, 1.807) is 26.0 Å². The molecule has 1 aliphatic rings. The van der Waals surface area contributed by atoms with Crippen LogP contribution in [-0.2, 0) is 38.2 Å². The maximum absolute atomic E-state index is 12.9. The first-order chi connectivity index (χ1) is 21.4. The highest BCUT2D eigenvalue weighted by molar-refractivity contribution is 6.12. The van der Waals surface area contributed by atoms with Crippen molar-refractivity contribution in [1.82, 2.24) is 0 Å². The predicted octanol–water partition coefficient (Wildman–Crippen LogP) is 3.91. The molecule has 11 nitrogen and oxygen atoms in total. The van der Waals surface area contributed by atoms with Crippen LogP contribution < -0.4 is 0 Å². The minimum atomic E-state index is -1.59. The van der Waals surface area contributed by atoms with Crippen LogP contribution in [0.1, 0.15) is 100 Å². The fourth-order valence-corrected chi connectivity index (χ4v) is 5.29. The van der Waals surface area contributed by atoms with Gasteiger partial charge in [0.1, 0.15) is 11.9 Å². The van der Waals surface area contributed by atoms with E-state index in [0.717, 1.165) is 12.0 Å². The average molecular weight is 649 g/mol. The maximum atomic E-state index is 12.9. The molecule has 0 aromatic heterocycles. The Morgan fingerprint density at radius 1 is 0.848 bits per heavy atom. The molecule has 0 amide bonds. The normalized spacial score (nSPS) is 19.2. The minimum absolute atomic E-state index is 0.000407. The summed E-state index contributed by atoms with van der Waals surface area (Å²) in [4.78, 5) is 72.1. The lowest BCUT2D eigenvalue weighted by Gasteiger charge is -2.27. The van der Waals surface area contributed by atoms with Crippen molar-refractivity contribution >= 4 is 35.3 Å². The van der Waals surface area contributed by atoms with Gasteiger partial charge in [0, 0.05) is 30.3 Å². The highest BCUT2D eigenvalue weighted by Crippen LogP contribution is 2.25. The van der Waals surface area contributed by atoms with Crippen molar-refractivity contribution in [2.24, 2.45) is 23.7 Å². The monoisotopic (exact) mass is 648 g/mol. The Morgan fingerprint density at radius 2 is 1.48 bits per heavy atom. The number of aliphatic hydroxyl groups excluding tert-OH is 3. The Morgan fingerprint density at radius 3 is 2.02 bits per heavy atom. The van der Waals surface area contributed by atoms with E-state index in [2.05, 4.69) is 4.74 Å². The van der Waals surface area contributed by atoms with Crippen LogP contribution >= 0.6 is 0 Å². The summed E-state index contributed by atoms with van der Waals surface area (Å²) >= 11 is 0. The van der Waals surface area contributed by atoms with Gasteiger partial charge in [0.25, 0.3) is 0 Å². The number of esters is 3. The molecule has 8 atom stereocenters. The van der Waals surface area contributed by atoms with Crippen molar-refractivity contribution in [2.75, 3.05) is 0 Å². The molecule has 3 N–H and O–H groups in total. The SMILES string of the molecule is CCC(/C=C/C(C)=O)=C\C(=O)C[C@H](C)C[C@@H](C)CC[C@H](O)[C@H](C)C(=O)C[C@@H](O)[C@H](C)[C@@H](C)OC(=O)C[C@@H](O)C1=C(C)C(=O)OC1=O. The summed E-state index contributed by atoms with van der Waals surface area (Å²) < 4.78 is 9.72. The molecule has 0 fully saturated rings. The van der Waals surface area contributed by atoms with Crippen molar-refractivity contribution < 1.29 is 53.6 Å². The standard InChI is InChI=1S/C35H52O11/c1-9-26(12-11-21(4)36)16-27(37)15-20(3)14-19(2)10-13-28(38)23(6)30(40)17-29(39)22(5)25(8)45-32(42)18-31(41)33-24(7)34(43)46-35(33)44/h11-12,16,19-20,22-23,25,28-29,31,38-39,41H,9-10,13-15,17-18H2,1-8H3/b12-11+,26-16+/t19-,20+,22+,23-,25+,28-,29+,31+/m0/s1. The molecule has 0 aliphatic carbocycles. The van der Waals surface area contributed by atoms with E-state index in [-0.39, 0.29) is 46.8 Å². The van der Waals surface area contributed by atoms with E-state index in [0.29, 0.717) is 25.7 Å². The third-order valence-electron chi connectivity index (χ3n) is 8.57. The van der Waals surface area contributed by atoms with E-state index in [4.69, 9.17) is 4.74 Å².